The molecule has 0 fully saturated rings. The fourth-order valence-corrected chi connectivity index (χ4v) is 2.70. The normalized spacial score (nSPS) is 10.9. The van der Waals surface area contributed by atoms with E-state index < -0.39 is 0 Å². The van der Waals surface area contributed by atoms with E-state index in [1.807, 2.05) is 11.9 Å². The Morgan fingerprint density at radius 1 is 1.60 bits per heavy atom. The number of aliphatic imine (C=N–C) groups is 1. The average molecular weight is 289 g/mol. The Bertz CT molecular complexity index is 664. The molecule has 0 unspecified atom stereocenters. The van der Waals surface area contributed by atoms with Crippen molar-refractivity contribution in [2.45, 2.75) is 0 Å². The largest absolute Gasteiger partial charge is 0.496 e. The third kappa shape index (κ3) is 2.70. The number of methoxy groups -OCH3 is 1. The second-order valence-electron chi connectivity index (χ2n) is 4.10. The minimum Gasteiger partial charge on any atom is -0.496 e. The smallest absolute Gasteiger partial charge is 0.162 e. The number of aldehydes is 1. The fourth-order valence-electron chi connectivity index (χ4n) is 1.78. The second-order valence-corrected chi connectivity index (χ2v) is 5.13. The number of hydrogen-bond acceptors (Lipinski definition) is 5. The van der Waals surface area contributed by atoms with Crippen LogP contribution in [0.3, 0.4) is 0 Å². The molecule has 0 N–H and O–H groups in total. The number of rotatable bonds is 6. The summed E-state index contributed by atoms with van der Waals surface area (Å²) in [6, 6.07) is 1.76. The van der Waals surface area contributed by atoms with Crippen LogP contribution in [0.15, 0.2) is 29.9 Å². The van der Waals surface area contributed by atoms with Crippen molar-refractivity contribution in [1.82, 2.24) is 9.88 Å². The molecular weight excluding hydrogens is 274 g/mol. The van der Waals surface area contributed by atoms with Crippen LogP contribution in [0.25, 0.3) is 10.2 Å². The Morgan fingerprint density at radius 3 is 3.05 bits per heavy atom. The molecule has 0 bridgehead atoms. The van der Waals surface area contributed by atoms with E-state index in [9.17, 15) is 4.79 Å². The van der Waals surface area contributed by atoms with Crippen LogP contribution in [-0.2, 0) is 0 Å². The van der Waals surface area contributed by atoms with Gasteiger partial charge in [-0.25, -0.2) is 9.98 Å². The number of aromatic nitrogens is 1. The lowest BCUT2D eigenvalue weighted by atomic mass is 10.2. The number of hydrogen-bond donors (Lipinski definition) is 0. The topological polar surface area (TPSA) is 54.8 Å². The van der Waals surface area contributed by atoms with E-state index in [2.05, 4.69) is 16.6 Å². The predicted molar refractivity (Wildman–Crippen MR) is 82.5 cm³/mol. The minimum atomic E-state index is 0.542. The van der Waals surface area contributed by atoms with Gasteiger partial charge in [0, 0.05) is 19.8 Å². The van der Waals surface area contributed by atoms with Gasteiger partial charge in [-0.2, -0.15) is 0 Å². The first-order valence-electron chi connectivity index (χ1n) is 5.97. The van der Waals surface area contributed by atoms with Gasteiger partial charge in [-0.3, -0.25) is 4.79 Å². The second kappa shape index (κ2) is 6.29. The third-order valence-electron chi connectivity index (χ3n) is 2.68. The van der Waals surface area contributed by atoms with Crippen LogP contribution in [0.5, 0.6) is 5.75 Å². The molecule has 0 amide bonds. The number of nitrogens with zero attached hydrogens (tertiary/aromatic N) is 3. The Hall–Kier alpha value is -2.21. The van der Waals surface area contributed by atoms with Crippen molar-refractivity contribution in [3.05, 3.63) is 29.8 Å². The molecule has 5 nitrogen and oxygen atoms in total. The van der Waals surface area contributed by atoms with Crippen molar-refractivity contribution in [3.8, 4) is 5.75 Å². The summed E-state index contributed by atoms with van der Waals surface area (Å²) in [5.74, 6) is 0.665. The van der Waals surface area contributed by atoms with Gasteiger partial charge in [0.15, 0.2) is 6.29 Å². The Morgan fingerprint density at radius 2 is 2.40 bits per heavy atom. The SMILES string of the molecule is C=CCN(C)C=Nc1c(C=O)sc2nccc(OC)c12. The van der Waals surface area contributed by atoms with Gasteiger partial charge in [-0.1, -0.05) is 6.08 Å². The fraction of sp³-hybridized carbons (Fsp3) is 0.214. The standard InChI is InChI=1S/C14H15N3O2S/c1-4-7-17(2)9-16-13-11(8-18)20-14-12(13)10(19-3)5-6-15-14/h4-6,8-9H,1,7H2,2-3H3. The van der Waals surface area contributed by atoms with Gasteiger partial charge < -0.3 is 9.64 Å². The number of carbonyl (C=O) groups excluding carboxylic acids is 1. The summed E-state index contributed by atoms with van der Waals surface area (Å²) >= 11 is 1.31. The van der Waals surface area contributed by atoms with Gasteiger partial charge in [0.1, 0.15) is 10.6 Å². The van der Waals surface area contributed by atoms with E-state index in [4.69, 9.17) is 4.74 Å². The summed E-state index contributed by atoms with van der Waals surface area (Å²) in [6.45, 7) is 4.35. The molecule has 6 heteroatoms. The maximum atomic E-state index is 11.2. The van der Waals surface area contributed by atoms with Crippen LogP contribution in [0.1, 0.15) is 9.67 Å². The highest BCUT2D eigenvalue weighted by atomic mass is 32.1. The number of fused-ring (bicyclic) bond motifs is 1. The Labute approximate surface area is 121 Å². The van der Waals surface area contributed by atoms with Crippen LogP contribution < -0.4 is 4.74 Å². The van der Waals surface area contributed by atoms with E-state index in [0.29, 0.717) is 22.9 Å². The summed E-state index contributed by atoms with van der Waals surface area (Å²) in [7, 11) is 3.47. The molecule has 2 rings (SSSR count). The van der Waals surface area contributed by atoms with Crippen molar-refractivity contribution < 1.29 is 9.53 Å². The monoisotopic (exact) mass is 289 g/mol. The molecule has 2 aromatic heterocycles. The number of likely N-dealkylation sites (N-methyl/N-ethyl adjacent to an activating group) is 1. The van der Waals surface area contributed by atoms with Crippen molar-refractivity contribution in [2.24, 2.45) is 4.99 Å². The highest BCUT2D eigenvalue weighted by Gasteiger charge is 2.15. The van der Waals surface area contributed by atoms with E-state index in [0.717, 1.165) is 16.5 Å². The molecule has 0 atom stereocenters. The van der Waals surface area contributed by atoms with E-state index in [1.165, 1.54) is 11.3 Å². The van der Waals surface area contributed by atoms with Gasteiger partial charge in [0.2, 0.25) is 0 Å². The zero-order valence-corrected chi connectivity index (χ0v) is 12.2. The first-order valence-corrected chi connectivity index (χ1v) is 6.79. The summed E-state index contributed by atoms with van der Waals surface area (Å²) in [6.07, 6.45) is 5.90. The first-order chi connectivity index (χ1) is 9.71. The number of pyridine rings is 1. The molecule has 0 aliphatic heterocycles. The lowest BCUT2D eigenvalue weighted by Gasteiger charge is -2.09. The zero-order valence-electron chi connectivity index (χ0n) is 11.4. The van der Waals surface area contributed by atoms with Crippen molar-refractivity contribution >= 4 is 39.9 Å². The third-order valence-corrected chi connectivity index (χ3v) is 3.70. The van der Waals surface area contributed by atoms with Crippen LogP contribution in [0.2, 0.25) is 0 Å². The molecule has 0 aromatic carbocycles. The van der Waals surface area contributed by atoms with Crippen LogP contribution in [0.4, 0.5) is 5.69 Å². The van der Waals surface area contributed by atoms with Crippen LogP contribution in [-0.4, -0.2) is 43.2 Å². The molecule has 0 aliphatic carbocycles. The molecule has 2 aromatic rings. The predicted octanol–water partition coefficient (Wildman–Crippen LogP) is 2.90. The van der Waals surface area contributed by atoms with Crippen molar-refractivity contribution in [2.75, 3.05) is 20.7 Å². The summed E-state index contributed by atoms with van der Waals surface area (Å²) in [5.41, 5.74) is 0.598. The molecule has 0 radical (unpaired) electrons. The lowest BCUT2D eigenvalue weighted by Crippen LogP contribution is -2.15. The number of carbonyl (C=O) groups is 1. The molecular formula is C14H15N3O2S. The quantitative estimate of drug-likeness (QED) is 0.355. The highest BCUT2D eigenvalue weighted by Crippen LogP contribution is 2.40. The maximum absolute atomic E-state index is 11.2. The van der Waals surface area contributed by atoms with Gasteiger partial charge in [-0.05, 0) is 6.07 Å². The van der Waals surface area contributed by atoms with Crippen molar-refractivity contribution in [1.29, 1.82) is 0 Å². The molecule has 20 heavy (non-hydrogen) atoms. The molecule has 0 saturated carbocycles. The number of thiophene rings is 1. The molecule has 0 spiro atoms. The Kier molecular flexibility index (Phi) is 4.47. The van der Waals surface area contributed by atoms with Crippen LogP contribution in [0, 0.1) is 0 Å². The van der Waals surface area contributed by atoms with Gasteiger partial charge in [0.25, 0.3) is 0 Å². The van der Waals surface area contributed by atoms with Crippen molar-refractivity contribution in [3.63, 3.8) is 0 Å². The zero-order chi connectivity index (χ0) is 14.5. The average Bonchev–Trinajstić information content (AvgIpc) is 2.83. The summed E-state index contributed by atoms with van der Waals surface area (Å²) < 4.78 is 5.33. The van der Waals surface area contributed by atoms with E-state index in [1.54, 1.807) is 31.8 Å². The molecule has 104 valence electrons. The molecule has 0 aliphatic rings. The minimum absolute atomic E-state index is 0.542. The molecule has 2 heterocycles. The first kappa shape index (κ1) is 14.2. The van der Waals surface area contributed by atoms with E-state index in [-0.39, 0.29) is 0 Å². The van der Waals surface area contributed by atoms with Gasteiger partial charge in [0.05, 0.1) is 29.4 Å². The highest BCUT2D eigenvalue weighted by molar-refractivity contribution is 7.20. The van der Waals surface area contributed by atoms with Crippen LogP contribution >= 0.6 is 11.3 Å². The Balaban J connectivity index is 2.54. The summed E-state index contributed by atoms with van der Waals surface area (Å²) in [5, 5.41) is 0.769. The maximum Gasteiger partial charge on any atom is 0.162 e. The summed E-state index contributed by atoms with van der Waals surface area (Å²) in [4.78, 5) is 23.0. The number of ether oxygens (including phenoxy) is 1. The lowest BCUT2D eigenvalue weighted by molar-refractivity contribution is 0.112. The van der Waals surface area contributed by atoms with Gasteiger partial charge >= 0.3 is 0 Å². The molecule has 0 saturated heterocycles. The van der Waals surface area contributed by atoms with Gasteiger partial charge in [-0.15, -0.1) is 17.9 Å². The van der Waals surface area contributed by atoms with E-state index >= 15 is 0 Å².